The van der Waals surface area contributed by atoms with E-state index in [9.17, 15) is 0 Å². The van der Waals surface area contributed by atoms with Gasteiger partial charge in [-0.15, -0.1) is 11.3 Å². The van der Waals surface area contributed by atoms with Crippen LogP contribution in [0.3, 0.4) is 0 Å². The number of rotatable bonds is 3. The molecule has 1 fully saturated rings. The topological polar surface area (TPSA) is 50.7 Å². The molecule has 1 N–H and O–H groups in total. The van der Waals surface area contributed by atoms with Crippen molar-refractivity contribution in [2.75, 3.05) is 5.32 Å². The van der Waals surface area contributed by atoms with E-state index < -0.39 is 0 Å². The number of aromatic nitrogens is 3. The molecule has 0 aliphatic heterocycles. The molecule has 0 amide bonds. The number of aryl methyl sites for hydroxylation is 3. The standard InChI is InChI=1S/C16H20N4S/c1-9-8-14(20-16(17-9)11-6-7-11)19-12-4-3-5-13-15(12)18-10(2)21-13/h8,11-12H,3-7H2,1-2H3,(H,17,19,20). The zero-order valence-electron chi connectivity index (χ0n) is 12.5. The Kier molecular flexibility index (Phi) is 3.17. The summed E-state index contributed by atoms with van der Waals surface area (Å²) in [6.45, 7) is 4.15. The van der Waals surface area contributed by atoms with Crippen LogP contribution in [0.5, 0.6) is 0 Å². The molecule has 2 aromatic rings. The van der Waals surface area contributed by atoms with E-state index >= 15 is 0 Å². The fourth-order valence-electron chi connectivity index (χ4n) is 3.05. The van der Waals surface area contributed by atoms with Gasteiger partial charge in [0.15, 0.2) is 0 Å². The van der Waals surface area contributed by atoms with E-state index in [-0.39, 0.29) is 0 Å². The Morgan fingerprint density at radius 1 is 1.14 bits per heavy atom. The summed E-state index contributed by atoms with van der Waals surface area (Å²) in [5.41, 5.74) is 2.30. The molecule has 0 saturated heterocycles. The van der Waals surface area contributed by atoms with Gasteiger partial charge < -0.3 is 5.32 Å². The van der Waals surface area contributed by atoms with Crippen molar-refractivity contribution in [3.05, 3.63) is 33.2 Å². The van der Waals surface area contributed by atoms with Gasteiger partial charge in [0, 0.05) is 22.6 Å². The fraction of sp³-hybridized carbons (Fsp3) is 0.562. The molecule has 110 valence electrons. The summed E-state index contributed by atoms with van der Waals surface area (Å²) >= 11 is 1.84. The molecule has 1 atom stereocenters. The van der Waals surface area contributed by atoms with E-state index in [1.54, 1.807) is 0 Å². The molecule has 0 bridgehead atoms. The summed E-state index contributed by atoms with van der Waals surface area (Å²) in [4.78, 5) is 15.5. The van der Waals surface area contributed by atoms with E-state index in [0.29, 0.717) is 12.0 Å². The van der Waals surface area contributed by atoms with Crippen LogP contribution < -0.4 is 5.32 Å². The van der Waals surface area contributed by atoms with Crippen molar-refractivity contribution in [1.29, 1.82) is 0 Å². The SMILES string of the molecule is Cc1cc(NC2CCCc3sc(C)nc32)nc(C2CC2)n1. The van der Waals surface area contributed by atoms with Gasteiger partial charge in [-0.3, -0.25) is 0 Å². The molecule has 2 aliphatic carbocycles. The lowest BCUT2D eigenvalue weighted by atomic mass is 9.97. The zero-order valence-corrected chi connectivity index (χ0v) is 13.3. The summed E-state index contributed by atoms with van der Waals surface area (Å²) < 4.78 is 0. The van der Waals surface area contributed by atoms with Gasteiger partial charge in [0.25, 0.3) is 0 Å². The highest BCUT2D eigenvalue weighted by molar-refractivity contribution is 7.11. The Labute approximate surface area is 129 Å². The first-order valence-corrected chi connectivity index (χ1v) is 8.59. The number of hydrogen-bond donors (Lipinski definition) is 1. The van der Waals surface area contributed by atoms with Crippen LogP contribution in [0.2, 0.25) is 0 Å². The highest BCUT2D eigenvalue weighted by Gasteiger charge is 2.28. The lowest BCUT2D eigenvalue weighted by molar-refractivity contribution is 0.591. The fourth-order valence-corrected chi connectivity index (χ4v) is 4.09. The van der Waals surface area contributed by atoms with Crippen molar-refractivity contribution in [2.24, 2.45) is 0 Å². The number of thiazole rings is 1. The molecule has 5 heteroatoms. The minimum atomic E-state index is 0.306. The van der Waals surface area contributed by atoms with Gasteiger partial charge in [0.2, 0.25) is 0 Å². The Hall–Kier alpha value is -1.49. The van der Waals surface area contributed by atoms with Gasteiger partial charge in [-0.25, -0.2) is 15.0 Å². The van der Waals surface area contributed by atoms with Crippen molar-refractivity contribution < 1.29 is 0 Å². The second kappa shape index (κ2) is 5.05. The van der Waals surface area contributed by atoms with E-state index in [1.807, 2.05) is 11.3 Å². The molecule has 21 heavy (non-hydrogen) atoms. The maximum atomic E-state index is 4.73. The predicted octanol–water partition coefficient (Wildman–Crippen LogP) is 3.92. The van der Waals surface area contributed by atoms with Crippen molar-refractivity contribution in [3.63, 3.8) is 0 Å². The number of hydrogen-bond acceptors (Lipinski definition) is 5. The Bertz CT molecular complexity index is 675. The first-order valence-electron chi connectivity index (χ1n) is 7.77. The van der Waals surface area contributed by atoms with Gasteiger partial charge in [-0.1, -0.05) is 0 Å². The zero-order chi connectivity index (χ0) is 14.4. The van der Waals surface area contributed by atoms with Gasteiger partial charge in [-0.05, 0) is 46.0 Å². The maximum absolute atomic E-state index is 4.73. The lowest BCUT2D eigenvalue weighted by Crippen LogP contribution is -2.18. The smallest absolute Gasteiger partial charge is 0.134 e. The minimum absolute atomic E-state index is 0.306. The highest BCUT2D eigenvalue weighted by Crippen LogP contribution is 2.39. The van der Waals surface area contributed by atoms with Crippen LogP contribution in [-0.2, 0) is 6.42 Å². The quantitative estimate of drug-likeness (QED) is 0.933. The molecular formula is C16H20N4S. The summed E-state index contributed by atoms with van der Waals surface area (Å²) in [6, 6.07) is 2.36. The van der Waals surface area contributed by atoms with Crippen LogP contribution in [0.25, 0.3) is 0 Å². The molecule has 2 heterocycles. The molecule has 0 spiro atoms. The molecule has 0 aromatic carbocycles. The van der Waals surface area contributed by atoms with Crippen LogP contribution >= 0.6 is 11.3 Å². The second-order valence-corrected chi connectivity index (χ2v) is 7.45. The van der Waals surface area contributed by atoms with Crippen LogP contribution in [-0.4, -0.2) is 15.0 Å². The van der Waals surface area contributed by atoms with E-state index in [4.69, 9.17) is 9.97 Å². The monoisotopic (exact) mass is 300 g/mol. The maximum Gasteiger partial charge on any atom is 0.134 e. The summed E-state index contributed by atoms with van der Waals surface area (Å²) in [5, 5.41) is 4.78. The largest absolute Gasteiger partial charge is 0.362 e. The third-order valence-electron chi connectivity index (χ3n) is 4.20. The van der Waals surface area contributed by atoms with E-state index in [0.717, 1.165) is 23.8 Å². The number of nitrogens with one attached hydrogen (secondary N) is 1. The molecular weight excluding hydrogens is 280 g/mol. The summed E-state index contributed by atoms with van der Waals surface area (Å²) in [7, 11) is 0. The van der Waals surface area contributed by atoms with Crippen LogP contribution in [0.15, 0.2) is 6.07 Å². The molecule has 2 aliphatic rings. The van der Waals surface area contributed by atoms with Crippen LogP contribution in [0.4, 0.5) is 5.82 Å². The first-order chi connectivity index (χ1) is 10.2. The van der Waals surface area contributed by atoms with Crippen molar-refractivity contribution in [3.8, 4) is 0 Å². The van der Waals surface area contributed by atoms with E-state index in [1.165, 1.54) is 41.3 Å². The normalized spacial score (nSPS) is 21.1. The van der Waals surface area contributed by atoms with Crippen LogP contribution in [0.1, 0.15) is 64.7 Å². The molecule has 0 radical (unpaired) electrons. The van der Waals surface area contributed by atoms with Gasteiger partial charge in [-0.2, -0.15) is 0 Å². The molecule has 2 aromatic heterocycles. The van der Waals surface area contributed by atoms with Crippen molar-refractivity contribution in [2.45, 2.75) is 57.9 Å². The molecule has 1 unspecified atom stereocenters. The third-order valence-corrected chi connectivity index (χ3v) is 5.24. The first kappa shape index (κ1) is 13.2. The molecule has 1 saturated carbocycles. The number of nitrogens with zero attached hydrogens (tertiary/aromatic N) is 3. The Morgan fingerprint density at radius 3 is 2.81 bits per heavy atom. The second-order valence-electron chi connectivity index (χ2n) is 6.16. The Morgan fingerprint density at radius 2 is 2.00 bits per heavy atom. The van der Waals surface area contributed by atoms with Crippen molar-refractivity contribution in [1.82, 2.24) is 15.0 Å². The Balaban J connectivity index is 1.61. The minimum Gasteiger partial charge on any atom is -0.362 e. The summed E-state index contributed by atoms with van der Waals surface area (Å²) in [5.74, 6) is 2.57. The predicted molar refractivity (Wildman–Crippen MR) is 84.9 cm³/mol. The summed E-state index contributed by atoms with van der Waals surface area (Å²) in [6.07, 6.45) is 6.02. The molecule has 4 rings (SSSR count). The average Bonchev–Trinajstić information content (AvgIpc) is 3.20. The number of anilines is 1. The van der Waals surface area contributed by atoms with Gasteiger partial charge in [0.1, 0.15) is 11.6 Å². The van der Waals surface area contributed by atoms with Gasteiger partial charge >= 0.3 is 0 Å². The van der Waals surface area contributed by atoms with Crippen molar-refractivity contribution >= 4 is 17.2 Å². The lowest BCUT2D eigenvalue weighted by Gasteiger charge is -2.23. The average molecular weight is 300 g/mol. The highest BCUT2D eigenvalue weighted by atomic mass is 32.1. The number of fused-ring (bicyclic) bond motifs is 1. The van der Waals surface area contributed by atoms with Crippen LogP contribution in [0, 0.1) is 13.8 Å². The van der Waals surface area contributed by atoms with E-state index in [2.05, 4.69) is 30.2 Å². The van der Waals surface area contributed by atoms with Gasteiger partial charge in [0.05, 0.1) is 16.7 Å². The molecule has 4 nitrogen and oxygen atoms in total. The third kappa shape index (κ3) is 2.67.